The van der Waals surface area contributed by atoms with Gasteiger partial charge in [0.05, 0.1) is 17.8 Å². The molecule has 0 amide bonds. The summed E-state index contributed by atoms with van der Waals surface area (Å²) in [6.07, 6.45) is 0. The van der Waals surface area contributed by atoms with Crippen molar-refractivity contribution in [2.24, 2.45) is 0 Å². The lowest BCUT2D eigenvalue weighted by Crippen LogP contribution is -1.94. The van der Waals surface area contributed by atoms with Crippen LogP contribution >= 0.6 is 11.6 Å². The Kier molecular flexibility index (Phi) is 2.73. The fourth-order valence-electron chi connectivity index (χ4n) is 1.48. The van der Waals surface area contributed by atoms with Gasteiger partial charge in [-0.05, 0) is 43.6 Å². The predicted molar refractivity (Wildman–Crippen MR) is 60.5 cm³/mol. The van der Waals surface area contributed by atoms with Crippen LogP contribution in [0.1, 0.15) is 12.6 Å². The van der Waals surface area contributed by atoms with Crippen LogP contribution in [0.4, 0.5) is 0 Å². The number of halogens is 1. The van der Waals surface area contributed by atoms with Gasteiger partial charge in [0.15, 0.2) is 0 Å². The first-order valence-corrected chi connectivity index (χ1v) is 5.15. The fraction of sp³-hybridized carbons (Fsp3) is 0.273. The Hall–Kier alpha value is -1.35. The normalized spacial score (nSPS) is 10.6. The van der Waals surface area contributed by atoms with Gasteiger partial charge in [-0.1, -0.05) is 0 Å². The molecule has 2 aromatic rings. The summed E-state index contributed by atoms with van der Waals surface area (Å²) in [7, 11) is 0. The van der Waals surface area contributed by atoms with Crippen molar-refractivity contribution in [2.45, 2.75) is 13.8 Å². The number of benzene rings is 1. The van der Waals surface area contributed by atoms with Gasteiger partial charge in [-0.15, -0.1) is 0 Å². The molecule has 1 aromatic heterocycles. The zero-order chi connectivity index (χ0) is 10.8. The summed E-state index contributed by atoms with van der Waals surface area (Å²) >= 11 is 5.77. The minimum atomic E-state index is 0.282. The Morgan fingerprint density at radius 1 is 1.33 bits per heavy atom. The Bertz CT molecular complexity index is 499. The summed E-state index contributed by atoms with van der Waals surface area (Å²) in [6.45, 7) is 4.51. The number of rotatable bonds is 2. The highest BCUT2D eigenvalue weighted by Crippen LogP contribution is 2.22. The molecule has 0 radical (unpaired) electrons. The molecular weight excluding hydrogens is 212 g/mol. The van der Waals surface area contributed by atoms with E-state index in [0.717, 1.165) is 22.3 Å². The van der Waals surface area contributed by atoms with Gasteiger partial charge in [-0.25, -0.2) is 9.97 Å². The first kappa shape index (κ1) is 10.2. The molecule has 3 nitrogen and oxygen atoms in total. The molecule has 0 saturated carbocycles. The van der Waals surface area contributed by atoms with E-state index in [9.17, 15) is 0 Å². The molecule has 0 saturated heterocycles. The Morgan fingerprint density at radius 2 is 2.13 bits per heavy atom. The second-order valence-electron chi connectivity index (χ2n) is 3.19. The second kappa shape index (κ2) is 4.03. The lowest BCUT2D eigenvalue weighted by molar-refractivity contribution is 0.340. The molecule has 15 heavy (non-hydrogen) atoms. The van der Waals surface area contributed by atoms with E-state index in [1.54, 1.807) is 0 Å². The SMILES string of the molecule is CCOc1ccc2nc(Cl)nc(C)c2c1. The van der Waals surface area contributed by atoms with E-state index in [0.29, 0.717) is 6.61 Å². The number of ether oxygens (including phenoxy) is 1. The molecule has 78 valence electrons. The summed E-state index contributed by atoms with van der Waals surface area (Å²) in [6, 6.07) is 5.71. The number of hydrogen-bond acceptors (Lipinski definition) is 3. The Balaban J connectivity index is 2.60. The average molecular weight is 223 g/mol. The van der Waals surface area contributed by atoms with Gasteiger partial charge in [0.25, 0.3) is 0 Å². The number of aryl methyl sites for hydroxylation is 1. The largest absolute Gasteiger partial charge is 0.494 e. The van der Waals surface area contributed by atoms with Crippen LogP contribution < -0.4 is 4.74 Å². The monoisotopic (exact) mass is 222 g/mol. The van der Waals surface area contributed by atoms with E-state index in [-0.39, 0.29) is 5.28 Å². The zero-order valence-electron chi connectivity index (χ0n) is 8.62. The van der Waals surface area contributed by atoms with Crippen LogP contribution in [-0.4, -0.2) is 16.6 Å². The standard InChI is InChI=1S/C11H11ClN2O/c1-3-15-8-4-5-10-9(6-8)7(2)13-11(12)14-10/h4-6H,3H2,1-2H3. The van der Waals surface area contributed by atoms with Gasteiger partial charge >= 0.3 is 0 Å². The van der Waals surface area contributed by atoms with Crippen LogP contribution in [-0.2, 0) is 0 Å². The summed E-state index contributed by atoms with van der Waals surface area (Å²) in [4.78, 5) is 8.24. The van der Waals surface area contributed by atoms with E-state index < -0.39 is 0 Å². The first-order valence-electron chi connectivity index (χ1n) is 4.77. The molecule has 0 N–H and O–H groups in total. The molecule has 0 unspecified atom stereocenters. The molecule has 1 aromatic carbocycles. The van der Waals surface area contributed by atoms with Gasteiger partial charge in [0, 0.05) is 5.39 Å². The summed E-state index contributed by atoms with van der Waals surface area (Å²) in [5.74, 6) is 0.832. The van der Waals surface area contributed by atoms with Crippen molar-refractivity contribution in [1.29, 1.82) is 0 Å². The third kappa shape index (κ3) is 2.02. The number of hydrogen-bond donors (Lipinski definition) is 0. The molecule has 0 bridgehead atoms. The smallest absolute Gasteiger partial charge is 0.223 e. The number of nitrogens with zero attached hydrogens (tertiary/aromatic N) is 2. The van der Waals surface area contributed by atoms with Crippen LogP contribution in [0.5, 0.6) is 5.75 Å². The van der Waals surface area contributed by atoms with E-state index in [4.69, 9.17) is 16.3 Å². The molecule has 1 heterocycles. The van der Waals surface area contributed by atoms with Crippen molar-refractivity contribution < 1.29 is 4.74 Å². The van der Waals surface area contributed by atoms with E-state index in [1.165, 1.54) is 0 Å². The fourth-order valence-corrected chi connectivity index (χ4v) is 1.70. The second-order valence-corrected chi connectivity index (χ2v) is 3.53. The zero-order valence-corrected chi connectivity index (χ0v) is 9.38. The van der Waals surface area contributed by atoms with Gasteiger partial charge < -0.3 is 4.74 Å². The Labute approximate surface area is 93.1 Å². The maximum Gasteiger partial charge on any atom is 0.223 e. The van der Waals surface area contributed by atoms with E-state index in [2.05, 4.69) is 9.97 Å². The quantitative estimate of drug-likeness (QED) is 0.733. The molecule has 0 atom stereocenters. The van der Waals surface area contributed by atoms with Crippen LogP contribution in [0.2, 0.25) is 5.28 Å². The summed E-state index contributed by atoms with van der Waals surface area (Å²) in [5.41, 5.74) is 1.71. The number of fused-ring (bicyclic) bond motifs is 1. The van der Waals surface area contributed by atoms with Gasteiger partial charge in [-0.3, -0.25) is 0 Å². The van der Waals surface area contributed by atoms with Crippen molar-refractivity contribution in [3.8, 4) is 5.75 Å². The average Bonchev–Trinajstić information content (AvgIpc) is 2.19. The minimum Gasteiger partial charge on any atom is -0.494 e. The van der Waals surface area contributed by atoms with Crippen molar-refractivity contribution >= 4 is 22.5 Å². The maximum atomic E-state index is 5.77. The molecule has 2 rings (SSSR count). The van der Waals surface area contributed by atoms with Crippen LogP contribution in [0, 0.1) is 6.92 Å². The molecular formula is C11H11ClN2O. The molecule has 4 heteroatoms. The van der Waals surface area contributed by atoms with Gasteiger partial charge in [0.2, 0.25) is 5.28 Å². The van der Waals surface area contributed by atoms with E-state index in [1.807, 2.05) is 32.0 Å². The molecule has 0 aliphatic rings. The van der Waals surface area contributed by atoms with Crippen molar-refractivity contribution in [3.05, 3.63) is 29.2 Å². The van der Waals surface area contributed by atoms with Crippen LogP contribution in [0.25, 0.3) is 10.9 Å². The topological polar surface area (TPSA) is 35.0 Å². The predicted octanol–water partition coefficient (Wildman–Crippen LogP) is 2.99. The lowest BCUT2D eigenvalue weighted by Gasteiger charge is -2.05. The highest BCUT2D eigenvalue weighted by molar-refractivity contribution is 6.28. The molecule has 0 fully saturated rings. The van der Waals surface area contributed by atoms with Crippen LogP contribution in [0.15, 0.2) is 18.2 Å². The lowest BCUT2D eigenvalue weighted by atomic mass is 10.2. The van der Waals surface area contributed by atoms with Gasteiger partial charge in [-0.2, -0.15) is 0 Å². The summed E-state index contributed by atoms with van der Waals surface area (Å²) < 4.78 is 5.41. The van der Waals surface area contributed by atoms with Crippen molar-refractivity contribution in [1.82, 2.24) is 9.97 Å². The van der Waals surface area contributed by atoms with Crippen molar-refractivity contribution in [2.75, 3.05) is 6.61 Å². The Morgan fingerprint density at radius 3 is 2.87 bits per heavy atom. The van der Waals surface area contributed by atoms with Gasteiger partial charge in [0.1, 0.15) is 5.75 Å². The highest BCUT2D eigenvalue weighted by atomic mass is 35.5. The van der Waals surface area contributed by atoms with Crippen molar-refractivity contribution in [3.63, 3.8) is 0 Å². The maximum absolute atomic E-state index is 5.77. The third-order valence-corrected chi connectivity index (χ3v) is 2.31. The number of aromatic nitrogens is 2. The molecule has 0 spiro atoms. The molecule has 0 aliphatic carbocycles. The highest BCUT2D eigenvalue weighted by Gasteiger charge is 2.04. The van der Waals surface area contributed by atoms with E-state index >= 15 is 0 Å². The third-order valence-electron chi connectivity index (χ3n) is 2.14. The minimum absolute atomic E-state index is 0.282. The summed E-state index contributed by atoms with van der Waals surface area (Å²) in [5, 5.41) is 1.26. The molecule has 0 aliphatic heterocycles. The first-order chi connectivity index (χ1) is 7.20. The van der Waals surface area contributed by atoms with Crippen LogP contribution in [0.3, 0.4) is 0 Å².